The third-order valence-electron chi connectivity index (χ3n) is 7.36. The number of allylic oxidation sites excluding steroid dienone is 10. The zero-order valence-electron chi connectivity index (χ0n) is 15.4. The molecule has 0 heterocycles. The maximum Gasteiger partial charge on any atom is 0.210 e. The first-order chi connectivity index (χ1) is 12.7. The van der Waals surface area contributed by atoms with E-state index in [4.69, 9.17) is 11.1 Å². The van der Waals surface area contributed by atoms with E-state index in [1.165, 1.54) is 24.5 Å². The van der Waals surface area contributed by atoms with Crippen molar-refractivity contribution in [2.24, 2.45) is 47.3 Å². The highest BCUT2D eigenvalue weighted by Gasteiger charge is 2.43. The van der Waals surface area contributed by atoms with Crippen molar-refractivity contribution < 1.29 is 0 Å². The molecule has 0 nitrogen and oxygen atoms in total. The molecule has 8 atom stereocenters. The quantitative estimate of drug-likeness (QED) is 0.200. The lowest BCUT2D eigenvalue weighted by atomic mass is 9.89. The third-order valence-corrected chi connectivity index (χ3v) is 8.60. The van der Waals surface area contributed by atoms with E-state index in [9.17, 15) is 0 Å². The predicted molar refractivity (Wildman–Crippen MR) is 114 cm³/mol. The summed E-state index contributed by atoms with van der Waals surface area (Å²) in [5, 5.41) is 1.31. The Labute approximate surface area is 166 Å². The first-order valence-electron chi connectivity index (χ1n) is 10.1. The SMILES string of the molecule is C=CC1CC2C=CC1C2CC=CC(=CCC1C2C=CC1C(C=C)C2)[Si]Cl. The van der Waals surface area contributed by atoms with Crippen LogP contribution in [0.1, 0.15) is 25.7 Å². The Hall–Kier alpha value is -1.05. The lowest BCUT2D eigenvalue weighted by Crippen LogP contribution is -2.09. The molecule has 0 aromatic carbocycles. The van der Waals surface area contributed by atoms with Crippen molar-refractivity contribution in [2.75, 3.05) is 0 Å². The van der Waals surface area contributed by atoms with Gasteiger partial charge in [-0.05, 0) is 78.2 Å². The van der Waals surface area contributed by atoms with Gasteiger partial charge in [-0.15, -0.1) is 13.2 Å². The lowest BCUT2D eigenvalue weighted by Gasteiger charge is -2.16. The molecular formula is C24H29ClSi. The van der Waals surface area contributed by atoms with Crippen molar-refractivity contribution in [1.29, 1.82) is 0 Å². The standard InChI is InChI=1S/C24H29ClSi/c1-3-16-14-18-8-11-22(16)21(18)7-5-6-20(26-25)10-13-24-19-9-12-23(24)17(4-2)15-19/h3-6,8-12,16-19,21-24H,1-2,7,13-15H2. The monoisotopic (exact) mass is 380 g/mol. The first-order valence-corrected chi connectivity index (χ1v) is 12.1. The van der Waals surface area contributed by atoms with Gasteiger partial charge in [0.2, 0.25) is 8.83 Å². The van der Waals surface area contributed by atoms with Crippen molar-refractivity contribution in [1.82, 2.24) is 0 Å². The fourth-order valence-corrected chi connectivity index (χ4v) is 6.77. The minimum atomic E-state index is 0.363. The Morgan fingerprint density at radius 3 is 2.00 bits per heavy atom. The van der Waals surface area contributed by atoms with Gasteiger partial charge >= 0.3 is 0 Å². The molecule has 4 bridgehead atoms. The number of halogens is 1. The zero-order chi connectivity index (χ0) is 18.1. The van der Waals surface area contributed by atoms with Gasteiger partial charge in [0.1, 0.15) is 0 Å². The van der Waals surface area contributed by atoms with Crippen molar-refractivity contribution >= 4 is 19.9 Å². The van der Waals surface area contributed by atoms with Crippen LogP contribution in [0.4, 0.5) is 0 Å². The average Bonchev–Trinajstić information content (AvgIpc) is 3.43. The summed E-state index contributed by atoms with van der Waals surface area (Å²) < 4.78 is 0. The molecule has 2 radical (unpaired) electrons. The van der Waals surface area contributed by atoms with E-state index >= 15 is 0 Å². The van der Waals surface area contributed by atoms with Crippen LogP contribution in [0.5, 0.6) is 0 Å². The zero-order valence-corrected chi connectivity index (χ0v) is 17.2. The second-order valence-electron chi connectivity index (χ2n) is 8.48. The molecular weight excluding hydrogens is 352 g/mol. The van der Waals surface area contributed by atoms with Crippen LogP contribution in [-0.4, -0.2) is 8.83 Å². The van der Waals surface area contributed by atoms with Crippen molar-refractivity contribution in [3.8, 4) is 0 Å². The Kier molecular flexibility index (Phi) is 5.57. The first kappa shape index (κ1) is 18.3. The minimum absolute atomic E-state index is 0.363. The molecule has 2 heteroatoms. The highest BCUT2D eigenvalue weighted by atomic mass is 35.6. The molecule has 2 fully saturated rings. The summed E-state index contributed by atoms with van der Waals surface area (Å²) in [5.41, 5.74) is 0. The molecule has 0 spiro atoms. The molecule has 0 aromatic rings. The molecule has 0 aromatic heterocycles. The van der Waals surface area contributed by atoms with E-state index in [0.29, 0.717) is 32.5 Å². The number of rotatable bonds is 8. The maximum absolute atomic E-state index is 6.26. The van der Waals surface area contributed by atoms with Crippen LogP contribution >= 0.6 is 11.1 Å². The molecule has 2 saturated carbocycles. The predicted octanol–water partition coefficient (Wildman–Crippen LogP) is 6.31. The lowest BCUT2D eigenvalue weighted by molar-refractivity contribution is 0.416. The van der Waals surface area contributed by atoms with Crippen LogP contribution < -0.4 is 0 Å². The van der Waals surface area contributed by atoms with Crippen molar-refractivity contribution in [3.63, 3.8) is 0 Å². The van der Waals surface area contributed by atoms with Gasteiger partial charge < -0.3 is 0 Å². The topological polar surface area (TPSA) is 0 Å². The Balaban J connectivity index is 1.32. The molecule has 8 unspecified atom stereocenters. The molecule has 0 aliphatic heterocycles. The molecule has 4 rings (SSSR count). The maximum atomic E-state index is 6.26. The second kappa shape index (κ2) is 7.90. The molecule has 0 amide bonds. The summed E-state index contributed by atoms with van der Waals surface area (Å²) >= 11 is 6.26. The second-order valence-corrected chi connectivity index (χ2v) is 9.81. The molecule has 0 saturated heterocycles. The largest absolute Gasteiger partial charge is 0.210 e. The number of hydrogen-bond acceptors (Lipinski definition) is 0. The Morgan fingerprint density at radius 1 is 0.923 bits per heavy atom. The average molecular weight is 381 g/mol. The summed E-state index contributed by atoms with van der Waals surface area (Å²) in [5.74, 6) is 5.84. The smallest absolute Gasteiger partial charge is 0.165 e. The summed E-state index contributed by atoms with van der Waals surface area (Å²) in [7, 11) is 0.363. The fourth-order valence-electron chi connectivity index (χ4n) is 5.98. The van der Waals surface area contributed by atoms with E-state index < -0.39 is 0 Å². The van der Waals surface area contributed by atoms with Gasteiger partial charge in [-0.1, -0.05) is 54.7 Å². The Bertz CT molecular complexity index is 670. The van der Waals surface area contributed by atoms with Gasteiger partial charge in [0.25, 0.3) is 0 Å². The van der Waals surface area contributed by atoms with Gasteiger partial charge in [0.05, 0.1) is 0 Å². The van der Waals surface area contributed by atoms with Gasteiger partial charge in [0, 0.05) is 0 Å². The third kappa shape index (κ3) is 3.29. The van der Waals surface area contributed by atoms with Gasteiger partial charge in [-0.2, -0.15) is 11.1 Å². The van der Waals surface area contributed by atoms with Crippen LogP contribution in [0.3, 0.4) is 0 Å². The van der Waals surface area contributed by atoms with E-state index in [0.717, 1.165) is 30.1 Å². The molecule has 4 aliphatic carbocycles. The van der Waals surface area contributed by atoms with Crippen LogP contribution in [-0.2, 0) is 0 Å². The highest BCUT2D eigenvalue weighted by Crippen LogP contribution is 2.51. The normalized spacial score (nSPS) is 43.0. The summed E-state index contributed by atoms with van der Waals surface area (Å²) in [6, 6.07) is 0. The van der Waals surface area contributed by atoms with E-state index in [2.05, 4.69) is 67.8 Å². The van der Waals surface area contributed by atoms with E-state index in [-0.39, 0.29) is 0 Å². The molecule has 26 heavy (non-hydrogen) atoms. The highest BCUT2D eigenvalue weighted by molar-refractivity contribution is 6.98. The molecule has 0 N–H and O–H groups in total. The van der Waals surface area contributed by atoms with Crippen LogP contribution in [0.25, 0.3) is 0 Å². The van der Waals surface area contributed by atoms with Gasteiger partial charge in [-0.3, -0.25) is 0 Å². The molecule has 4 aliphatic rings. The number of hydrogen-bond donors (Lipinski definition) is 0. The van der Waals surface area contributed by atoms with Gasteiger partial charge in [0.15, 0.2) is 0 Å². The Morgan fingerprint density at radius 2 is 1.50 bits per heavy atom. The van der Waals surface area contributed by atoms with Crippen molar-refractivity contribution in [3.05, 3.63) is 73.0 Å². The van der Waals surface area contributed by atoms with Gasteiger partial charge in [-0.25, -0.2) is 0 Å². The van der Waals surface area contributed by atoms with Crippen LogP contribution in [0, 0.1) is 47.3 Å². The summed E-state index contributed by atoms with van der Waals surface area (Å²) in [4.78, 5) is 0. The van der Waals surface area contributed by atoms with Crippen LogP contribution in [0.15, 0.2) is 73.0 Å². The van der Waals surface area contributed by atoms with Crippen molar-refractivity contribution in [2.45, 2.75) is 25.7 Å². The minimum Gasteiger partial charge on any atom is -0.165 e. The van der Waals surface area contributed by atoms with E-state index in [1.54, 1.807) is 0 Å². The summed E-state index contributed by atoms with van der Waals surface area (Å²) in [6.07, 6.45) is 26.0. The molecule has 136 valence electrons. The fraction of sp³-hybridized carbons (Fsp3) is 0.500. The van der Waals surface area contributed by atoms with E-state index in [1.807, 2.05) is 0 Å². The number of fused-ring (bicyclic) bond motifs is 4. The van der Waals surface area contributed by atoms with Crippen LogP contribution in [0.2, 0.25) is 0 Å². The summed E-state index contributed by atoms with van der Waals surface area (Å²) in [6.45, 7) is 8.04.